The number of rotatable bonds is 2. The minimum Gasteiger partial charge on any atom is -0.367 e. The Morgan fingerprint density at radius 1 is 1.25 bits per heavy atom. The molecule has 3 heterocycles. The van der Waals surface area contributed by atoms with Crippen LogP contribution in [0.1, 0.15) is 6.92 Å². The maximum Gasteiger partial charge on any atom is 0.271 e. The highest BCUT2D eigenvalue weighted by molar-refractivity contribution is 7.12. The number of halogens is 1. The average molecular weight is 348 g/mol. The van der Waals surface area contributed by atoms with Crippen molar-refractivity contribution in [3.8, 4) is 0 Å². The van der Waals surface area contributed by atoms with Crippen molar-refractivity contribution in [2.24, 2.45) is 0 Å². The molecule has 0 unspecified atom stereocenters. The zero-order valence-corrected chi connectivity index (χ0v) is 14.0. The second kappa shape index (κ2) is 5.71. The summed E-state index contributed by atoms with van der Waals surface area (Å²) in [4.78, 5) is 27.2. The molecule has 1 aliphatic heterocycles. The van der Waals surface area contributed by atoms with E-state index in [1.165, 1.54) is 6.07 Å². The molecular weight excluding hydrogens is 331 g/mol. The van der Waals surface area contributed by atoms with Gasteiger partial charge in [-0.2, -0.15) is 0 Å². The molecule has 0 spiro atoms. The van der Waals surface area contributed by atoms with Crippen molar-refractivity contribution in [1.82, 2.24) is 14.3 Å². The number of fused-ring (bicyclic) bond motifs is 2. The molecule has 1 saturated heterocycles. The predicted molar refractivity (Wildman–Crippen MR) is 94.9 cm³/mol. The lowest BCUT2D eigenvalue weighted by atomic mass is 10.1. The Morgan fingerprint density at radius 3 is 2.71 bits per heavy atom. The van der Waals surface area contributed by atoms with Crippen molar-refractivity contribution in [1.29, 1.82) is 0 Å². The van der Waals surface area contributed by atoms with E-state index in [9.17, 15) is 14.0 Å². The van der Waals surface area contributed by atoms with Gasteiger partial charge in [0.2, 0.25) is 5.43 Å². The van der Waals surface area contributed by atoms with Gasteiger partial charge in [-0.15, -0.1) is 0 Å². The van der Waals surface area contributed by atoms with Gasteiger partial charge in [-0.1, -0.05) is 0 Å². The van der Waals surface area contributed by atoms with Gasteiger partial charge in [0.1, 0.15) is 16.0 Å². The van der Waals surface area contributed by atoms with Gasteiger partial charge >= 0.3 is 0 Å². The summed E-state index contributed by atoms with van der Waals surface area (Å²) in [6.07, 6.45) is 0. The first-order chi connectivity index (χ1) is 11.6. The lowest BCUT2D eigenvalue weighted by Gasteiger charge is -2.30. The smallest absolute Gasteiger partial charge is 0.271 e. The summed E-state index contributed by atoms with van der Waals surface area (Å²) < 4.78 is 19.2. The van der Waals surface area contributed by atoms with Crippen molar-refractivity contribution in [2.75, 3.05) is 31.1 Å². The Morgan fingerprint density at radius 2 is 2.00 bits per heavy atom. The molecule has 1 aliphatic rings. The van der Waals surface area contributed by atoms with Crippen LogP contribution in [0.25, 0.3) is 21.1 Å². The van der Waals surface area contributed by atoms with E-state index in [2.05, 4.69) is 9.69 Å². The van der Waals surface area contributed by atoms with E-state index < -0.39 is 16.8 Å². The van der Waals surface area contributed by atoms with Gasteiger partial charge in [-0.25, -0.2) is 4.39 Å². The third-order valence-corrected chi connectivity index (χ3v) is 5.43. The second-order valence-corrected chi connectivity index (χ2v) is 6.64. The lowest BCUT2D eigenvalue weighted by Crippen LogP contribution is -2.43. The SMILES string of the molecule is CCn1c2cc(N3CCNCC3)c(F)cc2c(=O)c2c(=O)[nH]sc21. The van der Waals surface area contributed by atoms with Crippen molar-refractivity contribution in [3.63, 3.8) is 0 Å². The normalized spacial score (nSPS) is 15.5. The van der Waals surface area contributed by atoms with Crippen LogP contribution in [0.4, 0.5) is 10.1 Å². The third kappa shape index (κ3) is 2.17. The molecule has 2 N–H and O–H groups in total. The number of hydrogen-bond donors (Lipinski definition) is 2. The molecule has 0 atom stereocenters. The maximum absolute atomic E-state index is 14.7. The molecule has 0 amide bonds. The molecule has 24 heavy (non-hydrogen) atoms. The lowest BCUT2D eigenvalue weighted by molar-refractivity contribution is 0.567. The molecule has 8 heteroatoms. The number of aryl methyl sites for hydroxylation is 1. The fourth-order valence-corrected chi connectivity index (χ4v) is 4.26. The summed E-state index contributed by atoms with van der Waals surface area (Å²) in [5.74, 6) is -0.421. The van der Waals surface area contributed by atoms with Crippen LogP contribution in [0, 0.1) is 5.82 Å². The molecule has 126 valence electrons. The number of anilines is 1. The Balaban J connectivity index is 2.07. The summed E-state index contributed by atoms with van der Waals surface area (Å²) in [6.45, 7) is 5.58. The van der Waals surface area contributed by atoms with Crippen LogP contribution >= 0.6 is 11.5 Å². The number of aromatic nitrogens is 2. The predicted octanol–water partition coefficient (Wildman–Crippen LogP) is 1.47. The van der Waals surface area contributed by atoms with Crippen LogP contribution in [0.15, 0.2) is 21.7 Å². The Kier molecular flexibility index (Phi) is 3.65. The van der Waals surface area contributed by atoms with Gasteiger partial charge in [-0.05, 0) is 30.6 Å². The van der Waals surface area contributed by atoms with Crippen molar-refractivity contribution in [3.05, 3.63) is 38.5 Å². The second-order valence-electron chi connectivity index (χ2n) is 5.84. The van der Waals surface area contributed by atoms with Gasteiger partial charge in [-0.3, -0.25) is 14.0 Å². The molecule has 0 bridgehead atoms. The van der Waals surface area contributed by atoms with E-state index in [0.717, 1.165) is 37.7 Å². The first-order valence-corrected chi connectivity index (χ1v) is 8.76. The van der Waals surface area contributed by atoms with Crippen LogP contribution < -0.4 is 21.2 Å². The van der Waals surface area contributed by atoms with Crippen LogP contribution in [0.5, 0.6) is 0 Å². The van der Waals surface area contributed by atoms with Crippen molar-refractivity contribution in [2.45, 2.75) is 13.5 Å². The monoisotopic (exact) mass is 348 g/mol. The first-order valence-electron chi connectivity index (χ1n) is 7.94. The van der Waals surface area contributed by atoms with Gasteiger partial charge in [0.25, 0.3) is 5.56 Å². The minimum absolute atomic E-state index is 0.115. The third-order valence-electron chi connectivity index (χ3n) is 4.53. The van der Waals surface area contributed by atoms with Gasteiger partial charge in [0.05, 0.1) is 11.2 Å². The number of H-pyrrole nitrogens is 1. The van der Waals surface area contributed by atoms with Gasteiger partial charge in [0.15, 0.2) is 0 Å². The number of aromatic amines is 1. The molecular formula is C16H17FN4O2S. The first kappa shape index (κ1) is 15.3. The van der Waals surface area contributed by atoms with E-state index in [4.69, 9.17) is 0 Å². The van der Waals surface area contributed by atoms with Crippen molar-refractivity contribution >= 4 is 38.3 Å². The number of nitrogens with one attached hydrogen (secondary N) is 2. The van der Waals surface area contributed by atoms with Crippen LogP contribution in [0.3, 0.4) is 0 Å². The highest BCUT2D eigenvalue weighted by atomic mass is 32.1. The average Bonchev–Trinajstić information content (AvgIpc) is 2.98. The maximum atomic E-state index is 14.7. The molecule has 3 aromatic rings. The number of hydrogen-bond acceptors (Lipinski definition) is 5. The highest BCUT2D eigenvalue weighted by Crippen LogP contribution is 2.27. The fourth-order valence-electron chi connectivity index (χ4n) is 3.35. The number of piperazine rings is 1. The summed E-state index contributed by atoms with van der Waals surface area (Å²) in [5, 5.41) is 3.61. The molecule has 2 aromatic heterocycles. The summed E-state index contributed by atoms with van der Waals surface area (Å²) in [5.41, 5.74) is 0.363. The largest absolute Gasteiger partial charge is 0.367 e. The summed E-state index contributed by atoms with van der Waals surface area (Å²) >= 11 is 1.15. The molecule has 6 nitrogen and oxygen atoms in total. The molecule has 0 aliphatic carbocycles. The zero-order chi connectivity index (χ0) is 16.8. The Bertz CT molecular complexity index is 1050. The molecule has 0 saturated carbocycles. The van der Waals surface area contributed by atoms with E-state index >= 15 is 0 Å². The molecule has 4 rings (SSSR count). The van der Waals surface area contributed by atoms with E-state index in [-0.39, 0.29) is 10.8 Å². The molecule has 1 aromatic carbocycles. The van der Waals surface area contributed by atoms with Crippen LogP contribution in [-0.2, 0) is 6.54 Å². The number of benzene rings is 1. The number of pyridine rings is 1. The summed E-state index contributed by atoms with van der Waals surface area (Å²) in [7, 11) is 0. The zero-order valence-electron chi connectivity index (χ0n) is 13.2. The van der Waals surface area contributed by atoms with Crippen molar-refractivity contribution < 1.29 is 4.39 Å². The van der Waals surface area contributed by atoms with E-state index in [1.807, 2.05) is 16.4 Å². The number of nitrogens with zero attached hydrogens (tertiary/aromatic N) is 2. The minimum atomic E-state index is -0.421. The fraction of sp³-hybridized carbons (Fsp3) is 0.375. The standard InChI is InChI=1S/C16H17FN4O2S/c1-2-21-11-8-12(20-5-3-18-4-6-20)10(17)7-9(11)14(22)13-15(23)19-24-16(13)21/h7-8,18H,2-6H2,1H3,(H,19,23). The molecule has 1 fully saturated rings. The summed E-state index contributed by atoms with van der Waals surface area (Å²) in [6, 6.07) is 3.02. The van der Waals surface area contributed by atoms with Crippen LogP contribution in [0.2, 0.25) is 0 Å². The molecule has 0 radical (unpaired) electrons. The van der Waals surface area contributed by atoms with E-state index in [1.54, 1.807) is 6.07 Å². The van der Waals surface area contributed by atoms with Crippen LogP contribution in [-0.4, -0.2) is 35.1 Å². The topological polar surface area (TPSA) is 70.1 Å². The Hall–Kier alpha value is -2.19. The highest BCUT2D eigenvalue weighted by Gasteiger charge is 2.20. The van der Waals surface area contributed by atoms with Gasteiger partial charge in [0, 0.05) is 38.1 Å². The Labute approximate surface area is 140 Å². The quantitative estimate of drug-likeness (QED) is 0.736. The van der Waals surface area contributed by atoms with Gasteiger partial charge < -0.3 is 14.8 Å². The van der Waals surface area contributed by atoms with E-state index in [0.29, 0.717) is 22.6 Å².